The fraction of sp³-hybridized carbons (Fsp3) is 0.0526. The summed E-state index contributed by atoms with van der Waals surface area (Å²) in [6, 6.07) is 10.3. The number of thiazole rings is 1. The first kappa shape index (κ1) is 18.3. The van der Waals surface area contributed by atoms with Gasteiger partial charge in [0.1, 0.15) is 5.82 Å². The van der Waals surface area contributed by atoms with E-state index in [2.05, 4.69) is 9.71 Å². The van der Waals surface area contributed by atoms with E-state index in [1.165, 1.54) is 58.6 Å². The third-order valence-corrected chi connectivity index (χ3v) is 6.35. The standard InChI is InChI=1S/C19H14FN3O3S2/c1-12-2-4-16(20)15(10-12)18(24)23-8-6-13-11-14(3-5-17(13)23)28(25,26)22-19-21-7-9-27-19/h2-11H,1H3,(H,21,22). The van der Waals surface area contributed by atoms with Crippen LogP contribution in [0.5, 0.6) is 0 Å². The minimum atomic E-state index is -3.81. The van der Waals surface area contributed by atoms with Crippen LogP contribution in [-0.2, 0) is 10.0 Å². The number of aromatic nitrogens is 2. The number of hydrogen-bond donors (Lipinski definition) is 1. The van der Waals surface area contributed by atoms with Gasteiger partial charge in [0, 0.05) is 23.2 Å². The number of nitrogens with one attached hydrogen (secondary N) is 1. The van der Waals surface area contributed by atoms with Gasteiger partial charge in [-0.05, 0) is 43.3 Å². The van der Waals surface area contributed by atoms with Gasteiger partial charge < -0.3 is 0 Å². The number of fused-ring (bicyclic) bond motifs is 1. The fourth-order valence-corrected chi connectivity index (χ4v) is 4.67. The second-order valence-corrected chi connectivity index (χ2v) is 8.71. The quantitative estimate of drug-likeness (QED) is 0.546. The molecule has 0 radical (unpaired) electrons. The van der Waals surface area contributed by atoms with Crippen molar-refractivity contribution in [1.29, 1.82) is 0 Å². The van der Waals surface area contributed by atoms with Gasteiger partial charge >= 0.3 is 0 Å². The van der Waals surface area contributed by atoms with E-state index in [4.69, 9.17) is 0 Å². The van der Waals surface area contributed by atoms with Gasteiger partial charge in [-0.2, -0.15) is 0 Å². The number of carbonyl (C=O) groups is 1. The number of rotatable bonds is 4. The Labute approximate surface area is 164 Å². The van der Waals surface area contributed by atoms with Crippen molar-refractivity contribution in [2.75, 3.05) is 4.72 Å². The predicted molar refractivity (Wildman–Crippen MR) is 106 cm³/mol. The van der Waals surface area contributed by atoms with Gasteiger partial charge in [0.05, 0.1) is 16.0 Å². The van der Waals surface area contributed by atoms with Gasteiger partial charge in [-0.3, -0.25) is 14.1 Å². The van der Waals surface area contributed by atoms with E-state index < -0.39 is 21.7 Å². The lowest BCUT2D eigenvalue weighted by molar-refractivity contribution is 0.0961. The maximum absolute atomic E-state index is 14.1. The molecule has 0 aliphatic heterocycles. The lowest BCUT2D eigenvalue weighted by Crippen LogP contribution is -2.14. The number of aryl methyl sites for hydroxylation is 1. The van der Waals surface area contributed by atoms with Crippen LogP contribution < -0.4 is 4.72 Å². The molecule has 4 rings (SSSR count). The summed E-state index contributed by atoms with van der Waals surface area (Å²) in [6.07, 6.45) is 3.00. The molecule has 28 heavy (non-hydrogen) atoms. The van der Waals surface area contributed by atoms with Crippen LogP contribution in [0, 0.1) is 12.7 Å². The molecule has 0 atom stereocenters. The molecule has 2 aromatic heterocycles. The molecule has 0 aliphatic rings. The van der Waals surface area contributed by atoms with Gasteiger partial charge in [0.2, 0.25) is 0 Å². The molecule has 142 valence electrons. The van der Waals surface area contributed by atoms with Crippen LogP contribution in [-0.4, -0.2) is 23.9 Å². The maximum Gasteiger partial charge on any atom is 0.265 e. The number of sulfonamides is 1. The monoisotopic (exact) mass is 415 g/mol. The van der Waals surface area contributed by atoms with E-state index in [1.807, 2.05) is 0 Å². The first-order chi connectivity index (χ1) is 13.3. The summed E-state index contributed by atoms with van der Waals surface area (Å²) in [5, 5.41) is 2.48. The highest BCUT2D eigenvalue weighted by molar-refractivity contribution is 7.93. The molecule has 0 spiro atoms. The van der Waals surface area contributed by atoms with Crippen molar-refractivity contribution in [2.24, 2.45) is 0 Å². The molecule has 1 N–H and O–H groups in total. The smallest absolute Gasteiger partial charge is 0.265 e. The molecule has 4 aromatic rings. The van der Waals surface area contributed by atoms with Crippen molar-refractivity contribution in [2.45, 2.75) is 11.8 Å². The molecule has 0 unspecified atom stereocenters. The number of carbonyl (C=O) groups excluding carboxylic acids is 1. The summed E-state index contributed by atoms with van der Waals surface area (Å²) in [5.41, 5.74) is 1.21. The maximum atomic E-state index is 14.1. The summed E-state index contributed by atoms with van der Waals surface area (Å²) < 4.78 is 42.8. The Morgan fingerprint density at radius 1 is 1.18 bits per heavy atom. The van der Waals surface area contributed by atoms with Crippen LogP contribution in [0.2, 0.25) is 0 Å². The molecule has 0 saturated carbocycles. The van der Waals surface area contributed by atoms with E-state index >= 15 is 0 Å². The Balaban J connectivity index is 1.72. The molecule has 9 heteroatoms. The minimum Gasteiger partial charge on any atom is -0.283 e. The zero-order valence-electron chi connectivity index (χ0n) is 14.6. The highest BCUT2D eigenvalue weighted by Crippen LogP contribution is 2.24. The SMILES string of the molecule is Cc1ccc(F)c(C(=O)n2ccc3cc(S(=O)(=O)Nc4nccs4)ccc32)c1. The summed E-state index contributed by atoms with van der Waals surface area (Å²) in [4.78, 5) is 16.7. The molecule has 0 saturated heterocycles. The van der Waals surface area contributed by atoms with Gasteiger partial charge in [-0.15, -0.1) is 11.3 Å². The van der Waals surface area contributed by atoms with Crippen molar-refractivity contribution in [3.05, 3.63) is 77.2 Å². The number of benzene rings is 2. The predicted octanol–water partition coefficient (Wildman–Crippen LogP) is 4.03. The van der Waals surface area contributed by atoms with Crippen molar-refractivity contribution in [1.82, 2.24) is 9.55 Å². The second-order valence-electron chi connectivity index (χ2n) is 6.14. The van der Waals surface area contributed by atoms with Crippen molar-refractivity contribution < 1.29 is 17.6 Å². The third-order valence-electron chi connectivity index (χ3n) is 4.20. The molecular formula is C19H14FN3O3S2. The Kier molecular flexibility index (Phi) is 4.48. The van der Waals surface area contributed by atoms with E-state index in [-0.39, 0.29) is 15.6 Å². The van der Waals surface area contributed by atoms with Gasteiger partial charge in [0.25, 0.3) is 15.9 Å². The van der Waals surface area contributed by atoms with E-state index in [1.54, 1.807) is 24.4 Å². The van der Waals surface area contributed by atoms with Crippen molar-refractivity contribution in [3.63, 3.8) is 0 Å². The summed E-state index contributed by atoms with van der Waals surface area (Å²) in [6.45, 7) is 1.77. The topological polar surface area (TPSA) is 81.1 Å². The molecule has 0 fully saturated rings. The van der Waals surface area contributed by atoms with Crippen LogP contribution >= 0.6 is 11.3 Å². The van der Waals surface area contributed by atoms with E-state index in [0.29, 0.717) is 10.9 Å². The lowest BCUT2D eigenvalue weighted by Gasteiger charge is -2.08. The molecule has 0 amide bonds. The van der Waals surface area contributed by atoms with Gasteiger partial charge in [0.15, 0.2) is 5.13 Å². The normalized spacial score (nSPS) is 11.6. The number of anilines is 1. The lowest BCUT2D eigenvalue weighted by atomic mass is 10.1. The Morgan fingerprint density at radius 2 is 2.00 bits per heavy atom. The molecule has 2 heterocycles. The van der Waals surface area contributed by atoms with E-state index in [0.717, 1.165) is 5.56 Å². The first-order valence-electron chi connectivity index (χ1n) is 8.19. The third kappa shape index (κ3) is 3.30. The van der Waals surface area contributed by atoms with Crippen LogP contribution in [0.4, 0.5) is 9.52 Å². The molecular weight excluding hydrogens is 401 g/mol. The zero-order valence-corrected chi connectivity index (χ0v) is 16.2. The average Bonchev–Trinajstić information content (AvgIpc) is 3.31. The fourth-order valence-electron chi connectivity index (χ4n) is 2.85. The highest BCUT2D eigenvalue weighted by Gasteiger charge is 2.19. The number of hydrogen-bond acceptors (Lipinski definition) is 5. The van der Waals surface area contributed by atoms with Crippen molar-refractivity contribution in [3.8, 4) is 0 Å². The Morgan fingerprint density at radius 3 is 2.75 bits per heavy atom. The number of nitrogens with zero attached hydrogens (tertiary/aromatic N) is 2. The van der Waals surface area contributed by atoms with Gasteiger partial charge in [-0.25, -0.2) is 17.8 Å². The van der Waals surface area contributed by atoms with Crippen LogP contribution in [0.25, 0.3) is 10.9 Å². The first-order valence-corrected chi connectivity index (χ1v) is 10.6. The highest BCUT2D eigenvalue weighted by atomic mass is 32.2. The van der Waals surface area contributed by atoms with Crippen LogP contribution in [0.3, 0.4) is 0 Å². The minimum absolute atomic E-state index is 0.0420. The summed E-state index contributed by atoms with van der Waals surface area (Å²) in [7, 11) is -3.81. The van der Waals surface area contributed by atoms with Gasteiger partial charge in [-0.1, -0.05) is 11.6 Å². The Bertz CT molecular complexity index is 1300. The van der Waals surface area contributed by atoms with Crippen molar-refractivity contribution >= 4 is 43.3 Å². The zero-order chi connectivity index (χ0) is 19.9. The van der Waals surface area contributed by atoms with Crippen LogP contribution in [0.1, 0.15) is 15.9 Å². The molecule has 0 bridgehead atoms. The van der Waals surface area contributed by atoms with E-state index in [9.17, 15) is 17.6 Å². The molecule has 0 aliphatic carbocycles. The molecule has 2 aromatic carbocycles. The largest absolute Gasteiger partial charge is 0.283 e. The molecule has 6 nitrogen and oxygen atoms in total. The average molecular weight is 415 g/mol. The number of halogens is 1. The summed E-state index contributed by atoms with van der Waals surface area (Å²) >= 11 is 1.17. The van der Waals surface area contributed by atoms with Crippen LogP contribution in [0.15, 0.2) is 65.1 Å². The Hall–Kier alpha value is -3.04. The second kappa shape index (κ2) is 6.84. The summed E-state index contributed by atoms with van der Waals surface area (Å²) in [5.74, 6) is -1.13.